The standard InChI is InChI=1S/C12H13N5O3S/c1-6-4-15-12(21-6)7(2)16-11(18)9-3-8(17(19)20)5-14-10(9)13/h3-5,7H,1-2H3,(H2,13,14)(H,16,18). The molecule has 0 aliphatic rings. The summed E-state index contributed by atoms with van der Waals surface area (Å²) in [6.45, 7) is 3.69. The molecule has 2 rings (SSSR count). The number of nitro groups is 1. The van der Waals surface area contributed by atoms with Gasteiger partial charge in [-0.1, -0.05) is 0 Å². The van der Waals surface area contributed by atoms with Crippen molar-refractivity contribution in [2.24, 2.45) is 0 Å². The van der Waals surface area contributed by atoms with Gasteiger partial charge in [0.05, 0.1) is 16.5 Å². The highest BCUT2D eigenvalue weighted by atomic mass is 32.1. The molecule has 0 aliphatic carbocycles. The van der Waals surface area contributed by atoms with Crippen molar-refractivity contribution >= 4 is 28.7 Å². The van der Waals surface area contributed by atoms with Crippen molar-refractivity contribution in [1.29, 1.82) is 0 Å². The molecule has 110 valence electrons. The second-order valence-corrected chi connectivity index (χ2v) is 5.65. The lowest BCUT2D eigenvalue weighted by Gasteiger charge is -2.12. The predicted octanol–water partition coefficient (Wildman–Crippen LogP) is 1.83. The largest absolute Gasteiger partial charge is 0.383 e. The normalized spacial score (nSPS) is 11.9. The minimum absolute atomic E-state index is 0.0238. The number of pyridine rings is 1. The average Bonchev–Trinajstić information content (AvgIpc) is 2.85. The number of anilines is 1. The highest BCUT2D eigenvalue weighted by Crippen LogP contribution is 2.21. The van der Waals surface area contributed by atoms with Crippen LogP contribution in [0.25, 0.3) is 0 Å². The van der Waals surface area contributed by atoms with Crippen LogP contribution < -0.4 is 11.1 Å². The van der Waals surface area contributed by atoms with E-state index in [1.54, 1.807) is 13.1 Å². The minimum Gasteiger partial charge on any atom is -0.383 e. The Labute approximate surface area is 124 Å². The molecule has 9 heteroatoms. The fourth-order valence-electron chi connectivity index (χ4n) is 1.65. The molecular weight excluding hydrogens is 294 g/mol. The number of rotatable bonds is 4. The molecule has 0 fully saturated rings. The summed E-state index contributed by atoms with van der Waals surface area (Å²) >= 11 is 1.46. The van der Waals surface area contributed by atoms with Crippen molar-refractivity contribution in [2.75, 3.05) is 5.73 Å². The van der Waals surface area contributed by atoms with Gasteiger partial charge in [-0.3, -0.25) is 14.9 Å². The number of nitrogens with two attached hydrogens (primary N) is 1. The zero-order valence-electron chi connectivity index (χ0n) is 11.4. The summed E-state index contributed by atoms with van der Waals surface area (Å²) in [4.78, 5) is 31.1. The van der Waals surface area contributed by atoms with E-state index < -0.39 is 10.8 Å². The molecule has 8 nitrogen and oxygen atoms in total. The lowest BCUT2D eigenvalue weighted by molar-refractivity contribution is -0.385. The maximum Gasteiger partial charge on any atom is 0.288 e. The first-order valence-corrected chi connectivity index (χ1v) is 6.83. The Bertz CT molecular complexity index is 700. The molecule has 1 amide bonds. The lowest BCUT2D eigenvalue weighted by atomic mass is 10.2. The second kappa shape index (κ2) is 5.83. The number of aromatic nitrogens is 2. The Morgan fingerprint density at radius 3 is 2.76 bits per heavy atom. The molecule has 3 N–H and O–H groups in total. The van der Waals surface area contributed by atoms with Gasteiger partial charge in [0.1, 0.15) is 17.0 Å². The Balaban J connectivity index is 2.20. The zero-order valence-corrected chi connectivity index (χ0v) is 12.2. The molecule has 2 aromatic heterocycles. The topological polar surface area (TPSA) is 124 Å². The van der Waals surface area contributed by atoms with Crippen LogP contribution in [0.4, 0.5) is 11.5 Å². The molecule has 2 aromatic rings. The van der Waals surface area contributed by atoms with E-state index in [2.05, 4.69) is 15.3 Å². The Morgan fingerprint density at radius 1 is 1.48 bits per heavy atom. The fraction of sp³-hybridized carbons (Fsp3) is 0.250. The van der Waals surface area contributed by atoms with Gasteiger partial charge in [-0.05, 0) is 13.8 Å². The number of hydrogen-bond acceptors (Lipinski definition) is 7. The van der Waals surface area contributed by atoms with E-state index in [1.807, 2.05) is 6.92 Å². The van der Waals surface area contributed by atoms with Crippen molar-refractivity contribution in [3.63, 3.8) is 0 Å². The summed E-state index contributed by atoms with van der Waals surface area (Å²) in [7, 11) is 0. The number of carbonyl (C=O) groups excluding carboxylic acids is 1. The van der Waals surface area contributed by atoms with E-state index in [0.717, 1.165) is 22.1 Å². The van der Waals surface area contributed by atoms with Crippen LogP contribution in [0.15, 0.2) is 18.5 Å². The summed E-state index contributed by atoms with van der Waals surface area (Å²) in [5.41, 5.74) is 5.29. The summed E-state index contributed by atoms with van der Waals surface area (Å²) in [6.07, 6.45) is 2.73. The SMILES string of the molecule is Cc1cnc(C(C)NC(=O)c2cc([N+](=O)[O-])cnc2N)s1. The summed E-state index contributed by atoms with van der Waals surface area (Å²) in [5, 5.41) is 14.2. The van der Waals surface area contributed by atoms with Gasteiger partial charge in [-0.2, -0.15) is 0 Å². The van der Waals surface area contributed by atoms with Crippen LogP contribution in [0, 0.1) is 17.0 Å². The Morgan fingerprint density at radius 2 is 2.19 bits per heavy atom. The van der Waals surface area contributed by atoms with Gasteiger partial charge in [0.15, 0.2) is 0 Å². The highest BCUT2D eigenvalue weighted by molar-refractivity contribution is 7.11. The maximum absolute atomic E-state index is 12.2. The highest BCUT2D eigenvalue weighted by Gasteiger charge is 2.19. The minimum atomic E-state index is -0.628. The fourth-order valence-corrected chi connectivity index (χ4v) is 2.43. The number of nitrogens with one attached hydrogen (secondary N) is 1. The van der Waals surface area contributed by atoms with E-state index >= 15 is 0 Å². The average molecular weight is 307 g/mol. The number of nitrogens with zero attached hydrogens (tertiary/aromatic N) is 3. The molecule has 0 aliphatic heterocycles. The molecule has 0 aromatic carbocycles. The smallest absolute Gasteiger partial charge is 0.288 e. The van der Waals surface area contributed by atoms with E-state index in [9.17, 15) is 14.9 Å². The first kappa shape index (κ1) is 14.9. The van der Waals surface area contributed by atoms with Gasteiger partial charge in [0, 0.05) is 17.1 Å². The van der Waals surface area contributed by atoms with Crippen LogP contribution in [0.1, 0.15) is 33.2 Å². The number of carbonyl (C=O) groups is 1. The molecule has 0 bridgehead atoms. The summed E-state index contributed by atoms with van der Waals surface area (Å²) < 4.78 is 0. The van der Waals surface area contributed by atoms with Gasteiger partial charge in [-0.25, -0.2) is 9.97 Å². The molecule has 2 heterocycles. The number of amides is 1. The third-order valence-electron chi connectivity index (χ3n) is 2.72. The van der Waals surface area contributed by atoms with Gasteiger partial charge in [-0.15, -0.1) is 11.3 Å². The van der Waals surface area contributed by atoms with Gasteiger partial charge in [0.25, 0.3) is 11.6 Å². The first-order valence-electron chi connectivity index (χ1n) is 6.01. The number of aryl methyl sites for hydroxylation is 1. The quantitative estimate of drug-likeness (QED) is 0.656. The number of thiazole rings is 1. The second-order valence-electron chi connectivity index (χ2n) is 4.39. The van der Waals surface area contributed by atoms with Crippen LogP contribution in [0.3, 0.4) is 0 Å². The third kappa shape index (κ3) is 3.31. The van der Waals surface area contributed by atoms with Crippen molar-refractivity contribution in [2.45, 2.75) is 19.9 Å². The van der Waals surface area contributed by atoms with Crippen LogP contribution in [-0.2, 0) is 0 Å². The molecule has 0 radical (unpaired) electrons. The molecule has 1 atom stereocenters. The first-order chi connectivity index (χ1) is 9.88. The molecule has 1 unspecified atom stereocenters. The number of hydrogen-bond donors (Lipinski definition) is 2. The van der Waals surface area contributed by atoms with Crippen LogP contribution in [0.2, 0.25) is 0 Å². The molecule has 0 saturated carbocycles. The maximum atomic E-state index is 12.2. The lowest BCUT2D eigenvalue weighted by Crippen LogP contribution is -2.27. The molecule has 0 spiro atoms. The van der Waals surface area contributed by atoms with Crippen LogP contribution >= 0.6 is 11.3 Å². The van der Waals surface area contributed by atoms with Crippen molar-refractivity contribution < 1.29 is 9.72 Å². The predicted molar refractivity (Wildman–Crippen MR) is 78.0 cm³/mol. The Hall–Kier alpha value is -2.55. The van der Waals surface area contributed by atoms with Crippen molar-refractivity contribution in [3.05, 3.63) is 44.0 Å². The monoisotopic (exact) mass is 307 g/mol. The van der Waals surface area contributed by atoms with Gasteiger partial charge in [0.2, 0.25) is 0 Å². The molecule has 21 heavy (non-hydrogen) atoms. The van der Waals surface area contributed by atoms with Crippen molar-refractivity contribution in [1.82, 2.24) is 15.3 Å². The van der Waals surface area contributed by atoms with E-state index in [-0.39, 0.29) is 23.1 Å². The zero-order chi connectivity index (χ0) is 15.6. The van der Waals surface area contributed by atoms with Gasteiger partial charge >= 0.3 is 0 Å². The third-order valence-corrected chi connectivity index (χ3v) is 3.81. The van der Waals surface area contributed by atoms with Gasteiger partial charge < -0.3 is 11.1 Å². The summed E-state index contributed by atoms with van der Waals surface area (Å²) in [6, 6.07) is 0.784. The summed E-state index contributed by atoms with van der Waals surface area (Å²) in [5.74, 6) is -0.579. The van der Waals surface area contributed by atoms with E-state index in [1.165, 1.54) is 11.3 Å². The van der Waals surface area contributed by atoms with E-state index in [4.69, 9.17) is 5.73 Å². The van der Waals surface area contributed by atoms with Crippen LogP contribution in [-0.4, -0.2) is 20.8 Å². The van der Waals surface area contributed by atoms with E-state index in [0.29, 0.717) is 0 Å². The molecule has 0 saturated heterocycles. The Kier molecular flexibility index (Phi) is 4.13. The molecular formula is C12H13N5O3S. The number of nitrogen functional groups attached to an aromatic ring is 1. The van der Waals surface area contributed by atoms with Crippen molar-refractivity contribution in [3.8, 4) is 0 Å². The van der Waals surface area contributed by atoms with Crippen LogP contribution in [0.5, 0.6) is 0 Å².